The number of rotatable bonds is 3. The molecule has 15 heavy (non-hydrogen) atoms. The van der Waals surface area contributed by atoms with Gasteiger partial charge in [0.2, 0.25) is 0 Å². The van der Waals surface area contributed by atoms with Gasteiger partial charge in [0.25, 0.3) is 0 Å². The lowest BCUT2D eigenvalue weighted by Crippen LogP contribution is -2.11. The smallest absolute Gasteiger partial charge is 0.0850 e. The third-order valence-electron chi connectivity index (χ3n) is 2.69. The molecule has 1 aliphatic heterocycles. The number of hydrogen-bond acceptors (Lipinski definition) is 1. The normalized spacial score (nSPS) is 20.3. The molecule has 0 saturated carbocycles. The summed E-state index contributed by atoms with van der Waals surface area (Å²) in [5.41, 5.74) is 3.32. The number of epoxide rings is 1. The highest BCUT2D eigenvalue weighted by Crippen LogP contribution is 2.25. The van der Waals surface area contributed by atoms with Gasteiger partial charge in [0, 0.05) is 6.42 Å². The highest BCUT2D eigenvalue weighted by Gasteiger charge is 2.24. The van der Waals surface area contributed by atoms with Gasteiger partial charge >= 0.3 is 0 Å². The van der Waals surface area contributed by atoms with Crippen LogP contribution in [0.4, 0.5) is 0 Å². The van der Waals surface area contributed by atoms with Crippen LogP contribution >= 0.6 is 0 Å². The minimum atomic E-state index is 0.362. The van der Waals surface area contributed by atoms with E-state index in [1.807, 2.05) is 0 Å². The van der Waals surface area contributed by atoms with E-state index < -0.39 is 0 Å². The molecule has 1 aliphatic rings. The second kappa shape index (κ2) is 3.97. The molecule has 1 unspecified atom stereocenters. The zero-order chi connectivity index (χ0) is 10.9. The highest BCUT2D eigenvalue weighted by atomic mass is 16.6. The Morgan fingerprint density at radius 2 is 1.80 bits per heavy atom. The van der Waals surface area contributed by atoms with Gasteiger partial charge in [0.15, 0.2) is 0 Å². The molecule has 0 N–H and O–H groups in total. The Kier molecular flexibility index (Phi) is 2.83. The fraction of sp³-hybridized carbons (Fsp3) is 0.571. The van der Waals surface area contributed by atoms with Gasteiger partial charge in [0.1, 0.15) is 0 Å². The molecule has 82 valence electrons. The van der Waals surface area contributed by atoms with Crippen molar-refractivity contribution in [3.63, 3.8) is 0 Å². The SMILES string of the molecule is CC(C)(C)Cc1ccccc1CC1CO1. The fourth-order valence-electron chi connectivity index (χ4n) is 1.93. The molecule has 1 heteroatoms. The molecule has 0 aromatic heterocycles. The molecule has 1 atom stereocenters. The molecule has 1 aromatic carbocycles. The molecule has 2 rings (SSSR count). The largest absolute Gasteiger partial charge is 0.373 e. The van der Waals surface area contributed by atoms with E-state index in [1.54, 1.807) is 0 Å². The number of ether oxygens (including phenoxy) is 1. The molecule has 0 amide bonds. The summed E-state index contributed by atoms with van der Waals surface area (Å²) in [5, 5.41) is 0. The highest BCUT2D eigenvalue weighted by molar-refractivity contribution is 5.29. The number of benzene rings is 1. The molecule has 0 aliphatic carbocycles. The topological polar surface area (TPSA) is 12.5 Å². The molecule has 0 radical (unpaired) electrons. The van der Waals surface area contributed by atoms with E-state index in [-0.39, 0.29) is 0 Å². The molecule has 1 saturated heterocycles. The van der Waals surface area contributed by atoms with Crippen molar-refractivity contribution in [2.75, 3.05) is 6.61 Å². The summed E-state index contributed by atoms with van der Waals surface area (Å²) in [6.07, 6.45) is 2.73. The number of hydrogen-bond donors (Lipinski definition) is 0. The van der Waals surface area contributed by atoms with Crippen molar-refractivity contribution in [2.24, 2.45) is 5.41 Å². The quantitative estimate of drug-likeness (QED) is 0.689. The first-order chi connectivity index (χ1) is 7.04. The van der Waals surface area contributed by atoms with Gasteiger partial charge in [-0.1, -0.05) is 45.0 Å². The molecule has 1 aromatic rings. The minimum absolute atomic E-state index is 0.362. The summed E-state index contributed by atoms with van der Waals surface area (Å²) < 4.78 is 5.30. The summed E-state index contributed by atoms with van der Waals surface area (Å²) in [4.78, 5) is 0. The van der Waals surface area contributed by atoms with Crippen LogP contribution in [0.3, 0.4) is 0 Å². The lowest BCUT2D eigenvalue weighted by Gasteiger charge is -2.20. The zero-order valence-electron chi connectivity index (χ0n) is 9.92. The fourth-order valence-corrected chi connectivity index (χ4v) is 1.93. The molecule has 1 heterocycles. The van der Waals surface area contributed by atoms with Crippen molar-refractivity contribution in [1.29, 1.82) is 0 Å². The van der Waals surface area contributed by atoms with Crippen LogP contribution < -0.4 is 0 Å². The van der Waals surface area contributed by atoms with Gasteiger partial charge in [-0.3, -0.25) is 0 Å². The van der Waals surface area contributed by atoms with Crippen molar-refractivity contribution >= 4 is 0 Å². The van der Waals surface area contributed by atoms with Crippen LogP contribution in [0.25, 0.3) is 0 Å². The predicted octanol–water partition coefficient (Wildman–Crippen LogP) is 3.22. The van der Waals surface area contributed by atoms with E-state index in [9.17, 15) is 0 Å². The monoisotopic (exact) mass is 204 g/mol. The van der Waals surface area contributed by atoms with Gasteiger partial charge in [-0.2, -0.15) is 0 Å². The van der Waals surface area contributed by atoms with Crippen molar-refractivity contribution in [2.45, 2.75) is 39.7 Å². The van der Waals surface area contributed by atoms with E-state index in [0.29, 0.717) is 11.5 Å². The maximum absolute atomic E-state index is 5.30. The lowest BCUT2D eigenvalue weighted by molar-refractivity contribution is 0.398. The molecular formula is C14H20O. The van der Waals surface area contributed by atoms with Crippen LogP contribution in [0, 0.1) is 5.41 Å². The van der Waals surface area contributed by atoms with Crippen LogP contribution in [0.5, 0.6) is 0 Å². The third kappa shape index (κ3) is 3.35. The van der Waals surface area contributed by atoms with Crippen LogP contribution in [-0.2, 0) is 17.6 Å². The molecule has 1 nitrogen and oxygen atoms in total. The van der Waals surface area contributed by atoms with Crippen LogP contribution in [0.1, 0.15) is 31.9 Å². The summed E-state index contributed by atoms with van der Waals surface area (Å²) in [7, 11) is 0. The van der Waals surface area contributed by atoms with Gasteiger partial charge < -0.3 is 4.74 Å². The van der Waals surface area contributed by atoms with E-state index in [4.69, 9.17) is 4.74 Å². The van der Waals surface area contributed by atoms with Crippen molar-refractivity contribution in [3.8, 4) is 0 Å². The van der Waals surface area contributed by atoms with E-state index in [1.165, 1.54) is 11.1 Å². The molecular weight excluding hydrogens is 184 g/mol. The lowest BCUT2D eigenvalue weighted by atomic mass is 9.85. The Hall–Kier alpha value is -0.820. The summed E-state index contributed by atoms with van der Waals surface area (Å²) in [6.45, 7) is 7.82. The van der Waals surface area contributed by atoms with E-state index in [2.05, 4.69) is 45.0 Å². The first-order valence-electron chi connectivity index (χ1n) is 5.73. The Morgan fingerprint density at radius 1 is 1.20 bits per heavy atom. The van der Waals surface area contributed by atoms with Crippen LogP contribution in [0.2, 0.25) is 0 Å². The standard InChI is InChI=1S/C14H20O/c1-14(2,3)9-12-7-5-4-6-11(12)8-13-10-15-13/h4-7,13H,8-10H2,1-3H3. The summed E-state index contributed by atoms with van der Waals surface area (Å²) >= 11 is 0. The first-order valence-corrected chi connectivity index (χ1v) is 5.73. The third-order valence-corrected chi connectivity index (χ3v) is 2.69. The van der Waals surface area contributed by atoms with Crippen molar-refractivity contribution in [3.05, 3.63) is 35.4 Å². The molecule has 0 spiro atoms. The molecule has 1 fully saturated rings. The molecule has 0 bridgehead atoms. The van der Waals surface area contributed by atoms with Gasteiger partial charge in [-0.15, -0.1) is 0 Å². The first kappa shape index (κ1) is 10.7. The van der Waals surface area contributed by atoms with Gasteiger partial charge in [-0.25, -0.2) is 0 Å². The van der Waals surface area contributed by atoms with Crippen LogP contribution in [0.15, 0.2) is 24.3 Å². The Morgan fingerprint density at radius 3 is 2.33 bits per heavy atom. The summed E-state index contributed by atoms with van der Waals surface area (Å²) in [6, 6.07) is 8.76. The second-order valence-electron chi connectivity index (χ2n) is 5.67. The van der Waals surface area contributed by atoms with Crippen molar-refractivity contribution in [1.82, 2.24) is 0 Å². The Balaban J connectivity index is 2.13. The Labute approximate surface area is 92.5 Å². The van der Waals surface area contributed by atoms with E-state index in [0.717, 1.165) is 19.4 Å². The Bertz CT molecular complexity index is 331. The maximum atomic E-state index is 5.30. The average molecular weight is 204 g/mol. The van der Waals surface area contributed by atoms with Crippen LogP contribution in [-0.4, -0.2) is 12.7 Å². The average Bonchev–Trinajstić information content (AvgIpc) is 2.89. The van der Waals surface area contributed by atoms with Gasteiger partial charge in [-0.05, 0) is 23.0 Å². The van der Waals surface area contributed by atoms with E-state index >= 15 is 0 Å². The zero-order valence-corrected chi connectivity index (χ0v) is 9.92. The minimum Gasteiger partial charge on any atom is -0.373 e. The van der Waals surface area contributed by atoms with Gasteiger partial charge in [0.05, 0.1) is 12.7 Å². The maximum Gasteiger partial charge on any atom is 0.0850 e. The summed E-state index contributed by atoms with van der Waals surface area (Å²) in [5.74, 6) is 0. The second-order valence-corrected chi connectivity index (χ2v) is 5.67. The predicted molar refractivity (Wildman–Crippen MR) is 63.0 cm³/mol. The van der Waals surface area contributed by atoms with Crippen molar-refractivity contribution < 1.29 is 4.74 Å².